The summed E-state index contributed by atoms with van der Waals surface area (Å²) in [4.78, 5) is 10.2. The average Bonchev–Trinajstić information content (AvgIpc) is 2.92. The lowest BCUT2D eigenvalue weighted by molar-refractivity contribution is 0.282. The van der Waals surface area contributed by atoms with Crippen LogP contribution >= 0.6 is 11.3 Å². The summed E-state index contributed by atoms with van der Waals surface area (Å²) in [5, 5.41) is 15.0. The number of pyridine rings is 1. The van der Waals surface area contributed by atoms with Crippen LogP contribution in [0.1, 0.15) is 15.4 Å². The van der Waals surface area contributed by atoms with Gasteiger partial charge in [-0.15, -0.1) is 11.3 Å². The highest BCUT2D eigenvalue weighted by atomic mass is 32.1. The van der Waals surface area contributed by atoms with Crippen molar-refractivity contribution in [2.24, 2.45) is 0 Å². The number of hydrogen-bond acceptors (Lipinski definition) is 5. The summed E-state index contributed by atoms with van der Waals surface area (Å²) < 4.78 is 0. The first kappa shape index (κ1) is 14.0. The van der Waals surface area contributed by atoms with Gasteiger partial charge in [-0.2, -0.15) is 0 Å². The second kappa shape index (κ2) is 6.20. The Hall–Kier alpha value is -1.98. The van der Waals surface area contributed by atoms with Crippen LogP contribution < -0.4 is 5.32 Å². The van der Waals surface area contributed by atoms with Crippen LogP contribution in [-0.4, -0.2) is 21.6 Å². The van der Waals surface area contributed by atoms with Crippen LogP contribution in [0.25, 0.3) is 10.9 Å². The lowest BCUT2D eigenvalue weighted by Gasteiger charge is -2.10. The highest BCUT2D eigenvalue weighted by Gasteiger charge is 2.06. The van der Waals surface area contributed by atoms with Crippen molar-refractivity contribution in [3.63, 3.8) is 0 Å². The van der Waals surface area contributed by atoms with Crippen molar-refractivity contribution in [2.75, 3.05) is 11.9 Å². The fourth-order valence-electron chi connectivity index (χ4n) is 2.24. The van der Waals surface area contributed by atoms with Crippen molar-refractivity contribution in [3.05, 3.63) is 52.0 Å². The zero-order valence-corrected chi connectivity index (χ0v) is 12.7. The van der Waals surface area contributed by atoms with Crippen LogP contribution in [0.4, 0.5) is 5.82 Å². The molecule has 2 N–H and O–H groups in total. The van der Waals surface area contributed by atoms with E-state index in [2.05, 4.69) is 22.2 Å². The SMILES string of the molecule is Cc1cnc(CCNc2nc3ccccc3cc2CO)s1. The lowest BCUT2D eigenvalue weighted by Crippen LogP contribution is -2.08. The molecule has 108 valence electrons. The summed E-state index contributed by atoms with van der Waals surface area (Å²) in [6.45, 7) is 2.80. The normalized spacial score (nSPS) is 11.0. The summed E-state index contributed by atoms with van der Waals surface area (Å²) in [6.07, 6.45) is 2.76. The highest BCUT2D eigenvalue weighted by molar-refractivity contribution is 7.11. The second-order valence-electron chi connectivity index (χ2n) is 4.89. The molecule has 5 heteroatoms. The van der Waals surface area contributed by atoms with Crippen LogP contribution in [0, 0.1) is 6.92 Å². The maximum atomic E-state index is 9.51. The van der Waals surface area contributed by atoms with E-state index in [1.165, 1.54) is 4.88 Å². The maximum absolute atomic E-state index is 9.51. The third kappa shape index (κ3) is 3.20. The summed E-state index contributed by atoms with van der Waals surface area (Å²) in [5.41, 5.74) is 1.76. The Morgan fingerprint density at radius 2 is 2.14 bits per heavy atom. The number of rotatable bonds is 5. The molecule has 0 fully saturated rings. The first-order valence-electron chi connectivity index (χ1n) is 6.91. The zero-order valence-electron chi connectivity index (χ0n) is 11.8. The topological polar surface area (TPSA) is 58.0 Å². The number of anilines is 1. The molecule has 0 saturated carbocycles. The minimum atomic E-state index is -0.0173. The van der Waals surface area contributed by atoms with Gasteiger partial charge in [0.25, 0.3) is 0 Å². The van der Waals surface area contributed by atoms with Gasteiger partial charge in [-0.3, -0.25) is 0 Å². The van der Waals surface area contributed by atoms with Crippen LogP contribution in [0.15, 0.2) is 36.5 Å². The van der Waals surface area contributed by atoms with E-state index in [0.29, 0.717) is 0 Å². The number of aromatic nitrogens is 2. The molecule has 3 rings (SSSR count). The summed E-state index contributed by atoms with van der Waals surface area (Å²) in [5.74, 6) is 0.754. The maximum Gasteiger partial charge on any atom is 0.132 e. The molecule has 0 aliphatic heterocycles. The molecule has 21 heavy (non-hydrogen) atoms. The molecule has 2 aromatic heterocycles. The van der Waals surface area contributed by atoms with Gasteiger partial charge in [-0.1, -0.05) is 18.2 Å². The van der Waals surface area contributed by atoms with Gasteiger partial charge in [0, 0.05) is 35.0 Å². The van der Waals surface area contributed by atoms with E-state index in [0.717, 1.165) is 40.3 Å². The van der Waals surface area contributed by atoms with Gasteiger partial charge in [0.1, 0.15) is 5.82 Å². The standard InChI is InChI=1S/C16H17N3OS/c1-11-9-18-15(21-11)6-7-17-16-13(10-20)8-12-4-2-3-5-14(12)19-16/h2-5,8-9,20H,6-7,10H2,1H3,(H,17,19). The van der Waals surface area contributed by atoms with Gasteiger partial charge in [-0.05, 0) is 19.1 Å². The molecule has 0 aliphatic rings. The Labute approximate surface area is 127 Å². The van der Waals surface area contributed by atoms with E-state index in [-0.39, 0.29) is 6.61 Å². The quantitative estimate of drug-likeness (QED) is 0.760. The molecule has 0 aliphatic carbocycles. The van der Waals surface area contributed by atoms with E-state index in [1.807, 2.05) is 36.5 Å². The van der Waals surface area contributed by atoms with Gasteiger partial charge in [0.15, 0.2) is 0 Å². The Balaban J connectivity index is 1.76. The zero-order chi connectivity index (χ0) is 14.7. The summed E-state index contributed by atoms with van der Waals surface area (Å²) >= 11 is 1.71. The molecule has 0 amide bonds. The Morgan fingerprint density at radius 3 is 2.90 bits per heavy atom. The van der Waals surface area contributed by atoms with Crippen LogP contribution in [0.3, 0.4) is 0 Å². The molecule has 0 unspecified atom stereocenters. The molecule has 1 aromatic carbocycles. The van der Waals surface area contributed by atoms with Crippen LogP contribution in [0.5, 0.6) is 0 Å². The van der Waals surface area contributed by atoms with E-state index in [1.54, 1.807) is 11.3 Å². The number of aryl methyl sites for hydroxylation is 1. The third-order valence-electron chi connectivity index (χ3n) is 3.27. The molecule has 0 bridgehead atoms. The van der Waals surface area contributed by atoms with E-state index in [9.17, 15) is 5.11 Å². The number of benzene rings is 1. The number of nitrogens with one attached hydrogen (secondary N) is 1. The number of aliphatic hydroxyl groups excluding tert-OH is 1. The smallest absolute Gasteiger partial charge is 0.132 e. The summed E-state index contributed by atoms with van der Waals surface area (Å²) in [7, 11) is 0. The fraction of sp³-hybridized carbons (Fsp3) is 0.250. The minimum absolute atomic E-state index is 0.0173. The molecule has 0 saturated heterocycles. The Morgan fingerprint density at radius 1 is 1.29 bits per heavy atom. The highest BCUT2D eigenvalue weighted by Crippen LogP contribution is 2.20. The monoisotopic (exact) mass is 299 g/mol. The molecule has 2 heterocycles. The molecule has 0 radical (unpaired) electrons. The molecular formula is C16H17N3OS. The Bertz CT molecular complexity index is 754. The van der Waals surface area contributed by atoms with Crippen LogP contribution in [0.2, 0.25) is 0 Å². The van der Waals surface area contributed by atoms with Crippen molar-refractivity contribution >= 4 is 28.1 Å². The average molecular weight is 299 g/mol. The summed E-state index contributed by atoms with van der Waals surface area (Å²) in [6, 6.07) is 9.91. The molecule has 3 aromatic rings. The predicted octanol–water partition coefficient (Wildman–Crippen LogP) is 3.15. The number of aliphatic hydroxyl groups is 1. The van der Waals surface area contributed by atoms with E-state index in [4.69, 9.17) is 0 Å². The van der Waals surface area contributed by atoms with Crippen molar-refractivity contribution in [3.8, 4) is 0 Å². The predicted molar refractivity (Wildman–Crippen MR) is 86.7 cm³/mol. The first-order valence-corrected chi connectivity index (χ1v) is 7.72. The second-order valence-corrected chi connectivity index (χ2v) is 6.21. The van der Waals surface area contributed by atoms with Gasteiger partial charge in [0.2, 0.25) is 0 Å². The van der Waals surface area contributed by atoms with Crippen molar-refractivity contribution < 1.29 is 5.11 Å². The number of fused-ring (bicyclic) bond motifs is 1. The number of hydrogen-bond donors (Lipinski definition) is 2. The largest absolute Gasteiger partial charge is 0.392 e. The van der Waals surface area contributed by atoms with Gasteiger partial charge >= 0.3 is 0 Å². The molecule has 4 nitrogen and oxygen atoms in total. The van der Waals surface area contributed by atoms with Crippen molar-refractivity contribution in [1.29, 1.82) is 0 Å². The molecule has 0 spiro atoms. The number of nitrogens with zero attached hydrogens (tertiary/aromatic N) is 2. The van der Waals surface area contributed by atoms with Crippen LogP contribution in [-0.2, 0) is 13.0 Å². The van der Waals surface area contributed by atoms with E-state index >= 15 is 0 Å². The molecule has 0 atom stereocenters. The van der Waals surface area contributed by atoms with Gasteiger partial charge in [-0.25, -0.2) is 9.97 Å². The minimum Gasteiger partial charge on any atom is -0.392 e. The van der Waals surface area contributed by atoms with Crippen molar-refractivity contribution in [2.45, 2.75) is 20.0 Å². The number of thiazole rings is 1. The fourth-order valence-corrected chi connectivity index (χ4v) is 3.02. The van der Waals surface area contributed by atoms with Gasteiger partial charge < -0.3 is 10.4 Å². The molecular weight excluding hydrogens is 282 g/mol. The van der Waals surface area contributed by atoms with Crippen molar-refractivity contribution in [1.82, 2.24) is 9.97 Å². The van der Waals surface area contributed by atoms with E-state index < -0.39 is 0 Å². The Kier molecular flexibility index (Phi) is 4.13. The number of para-hydroxylation sites is 1. The lowest BCUT2D eigenvalue weighted by atomic mass is 10.1. The van der Waals surface area contributed by atoms with Gasteiger partial charge in [0.05, 0.1) is 17.1 Å². The first-order chi connectivity index (χ1) is 10.3. The third-order valence-corrected chi connectivity index (χ3v) is 4.25.